The van der Waals surface area contributed by atoms with Gasteiger partial charge in [-0.25, -0.2) is 4.98 Å². The van der Waals surface area contributed by atoms with Crippen molar-refractivity contribution >= 4 is 48.0 Å². The number of carbonyl (C=O) groups excluding carboxylic acids is 1. The zero-order chi connectivity index (χ0) is 26.0. The molecule has 0 saturated carbocycles. The minimum absolute atomic E-state index is 0. The molecule has 11 heteroatoms. The van der Waals surface area contributed by atoms with E-state index in [1.807, 2.05) is 47.2 Å². The highest BCUT2D eigenvalue weighted by Gasteiger charge is 2.30. The van der Waals surface area contributed by atoms with Gasteiger partial charge in [0.15, 0.2) is 0 Å². The third-order valence-corrected chi connectivity index (χ3v) is 6.69. The van der Waals surface area contributed by atoms with E-state index in [9.17, 15) is 18.0 Å². The maximum absolute atomic E-state index is 12.8. The lowest BCUT2D eigenvalue weighted by Gasteiger charge is -2.34. The number of halogens is 6. The van der Waals surface area contributed by atoms with Gasteiger partial charge in [-0.3, -0.25) is 9.69 Å². The summed E-state index contributed by atoms with van der Waals surface area (Å²) < 4.78 is 40.5. The summed E-state index contributed by atoms with van der Waals surface area (Å²) in [5.41, 5.74) is 3.76. The van der Waals surface area contributed by atoms with E-state index in [1.165, 1.54) is 12.1 Å². The van der Waals surface area contributed by atoms with Gasteiger partial charge in [0.2, 0.25) is 5.91 Å². The number of benzene rings is 3. The predicted molar refractivity (Wildman–Crippen MR) is 152 cm³/mol. The fraction of sp³-hybridized carbons (Fsp3) is 0.214. The molecule has 1 aliphatic heterocycles. The Kier molecular flexibility index (Phi) is 10.1. The van der Waals surface area contributed by atoms with Gasteiger partial charge in [-0.15, -0.1) is 24.8 Å². The van der Waals surface area contributed by atoms with Crippen LogP contribution in [0.5, 0.6) is 0 Å². The summed E-state index contributed by atoms with van der Waals surface area (Å²) >= 11 is 6.08. The molecular formula is C28H26Cl3F3N4O. The number of aromatic nitrogens is 2. The predicted octanol–water partition coefficient (Wildman–Crippen LogP) is 6.96. The molecule has 1 amide bonds. The largest absolute Gasteiger partial charge is 0.416 e. The molecule has 206 valence electrons. The summed E-state index contributed by atoms with van der Waals surface area (Å²) in [6.07, 6.45) is -0.768. The summed E-state index contributed by atoms with van der Waals surface area (Å²) in [5.74, 6) is 0.0263. The molecule has 2 heterocycles. The van der Waals surface area contributed by atoms with Crippen LogP contribution in [0, 0.1) is 0 Å². The molecule has 0 bridgehead atoms. The third kappa shape index (κ3) is 7.33. The molecule has 5 rings (SSSR count). The van der Waals surface area contributed by atoms with Crippen LogP contribution in [0.15, 0.2) is 85.3 Å². The molecule has 1 aromatic heterocycles. The van der Waals surface area contributed by atoms with Crippen molar-refractivity contribution in [2.45, 2.75) is 19.3 Å². The van der Waals surface area contributed by atoms with Gasteiger partial charge in [0, 0.05) is 43.1 Å². The van der Waals surface area contributed by atoms with E-state index in [-0.39, 0.29) is 30.7 Å². The van der Waals surface area contributed by atoms with Gasteiger partial charge in [-0.05, 0) is 47.0 Å². The second-order valence-corrected chi connectivity index (χ2v) is 9.46. The minimum Gasteiger partial charge on any atom is -0.329 e. The first-order valence-corrected chi connectivity index (χ1v) is 12.2. The lowest BCUT2D eigenvalue weighted by atomic mass is 10.0. The topological polar surface area (TPSA) is 41.4 Å². The van der Waals surface area contributed by atoms with Crippen LogP contribution in [0.2, 0.25) is 5.02 Å². The summed E-state index contributed by atoms with van der Waals surface area (Å²) in [6, 6.07) is 20.2. The van der Waals surface area contributed by atoms with Crippen molar-refractivity contribution in [2.24, 2.45) is 0 Å². The Morgan fingerprint density at radius 2 is 1.54 bits per heavy atom. The third-order valence-electron chi connectivity index (χ3n) is 6.46. The number of amides is 1. The molecule has 1 saturated heterocycles. The van der Waals surface area contributed by atoms with Crippen molar-refractivity contribution in [3.05, 3.63) is 107 Å². The highest BCUT2D eigenvalue weighted by atomic mass is 35.5. The highest BCUT2D eigenvalue weighted by molar-refractivity contribution is 6.30. The Hall–Kier alpha value is -3.04. The number of alkyl halides is 3. The van der Waals surface area contributed by atoms with E-state index >= 15 is 0 Å². The molecule has 0 radical (unpaired) electrons. The van der Waals surface area contributed by atoms with Crippen molar-refractivity contribution in [3.8, 4) is 11.1 Å². The zero-order valence-corrected chi connectivity index (χ0v) is 23.0. The molecule has 0 unspecified atom stereocenters. The molecule has 0 atom stereocenters. The Balaban J connectivity index is 0.00000210. The first-order valence-electron chi connectivity index (χ1n) is 11.8. The van der Waals surface area contributed by atoms with Gasteiger partial charge in [0.05, 0.1) is 24.1 Å². The number of nitrogens with zero attached hydrogens (tertiary/aromatic N) is 4. The molecule has 5 nitrogen and oxygen atoms in total. The van der Waals surface area contributed by atoms with E-state index in [4.69, 9.17) is 11.6 Å². The normalized spacial score (nSPS) is 14.1. The quantitative estimate of drug-likeness (QED) is 0.241. The minimum atomic E-state index is -4.35. The lowest BCUT2D eigenvalue weighted by Crippen LogP contribution is -2.50. The Morgan fingerprint density at radius 3 is 2.15 bits per heavy atom. The van der Waals surface area contributed by atoms with E-state index < -0.39 is 11.7 Å². The second kappa shape index (κ2) is 12.9. The molecule has 4 aromatic rings. The van der Waals surface area contributed by atoms with Crippen LogP contribution in [0.25, 0.3) is 11.1 Å². The summed E-state index contributed by atoms with van der Waals surface area (Å²) in [4.78, 5) is 21.0. The first kappa shape index (κ1) is 30.5. The average Bonchev–Trinajstić information content (AvgIpc) is 3.30. The summed E-state index contributed by atoms with van der Waals surface area (Å²) in [7, 11) is 0. The van der Waals surface area contributed by atoms with Gasteiger partial charge in [0.1, 0.15) is 0 Å². The number of hydrogen-bond donors (Lipinski definition) is 0. The van der Waals surface area contributed by atoms with Crippen molar-refractivity contribution in [1.82, 2.24) is 14.5 Å². The smallest absolute Gasteiger partial charge is 0.329 e. The summed E-state index contributed by atoms with van der Waals surface area (Å²) in [6.45, 7) is 2.81. The van der Waals surface area contributed by atoms with E-state index in [0.717, 1.165) is 46.7 Å². The lowest BCUT2D eigenvalue weighted by molar-refractivity contribution is -0.137. The van der Waals surface area contributed by atoms with Crippen molar-refractivity contribution in [2.75, 3.05) is 24.5 Å². The first-order chi connectivity index (χ1) is 17.8. The van der Waals surface area contributed by atoms with Crippen molar-refractivity contribution < 1.29 is 18.0 Å². The number of anilines is 1. The molecular weight excluding hydrogens is 572 g/mol. The molecule has 0 N–H and O–H groups in total. The van der Waals surface area contributed by atoms with Gasteiger partial charge < -0.3 is 9.47 Å². The van der Waals surface area contributed by atoms with Gasteiger partial charge in [0.25, 0.3) is 0 Å². The van der Waals surface area contributed by atoms with E-state index in [2.05, 4.69) is 9.88 Å². The van der Waals surface area contributed by atoms with Gasteiger partial charge in [-0.2, -0.15) is 13.2 Å². The fourth-order valence-corrected chi connectivity index (χ4v) is 4.66. The molecule has 1 fully saturated rings. The van der Waals surface area contributed by atoms with Crippen LogP contribution in [0.4, 0.5) is 18.9 Å². The van der Waals surface area contributed by atoms with Crippen LogP contribution in [-0.4, -0.2) is 40.0 Å². The SMILES string of the molecule is Cl.Cl.O=C1CN(Cc2cncn2Cc2ccc(-c3ccc(C(F)(F)F)cc3)cc2)CCN1c1cccc(Cl)c1. The fourth-order valence-electron chi connectivity index (χ4n) is 4.48. The highest BCUT2D eigenvalue weighted by Crippen LogP contribution is 2.31. The van der Waals surface area contributed by atoms with E-state index in [0.29, 0.717) is 31.2 Å². The van der Waals surface area contributed by atoms with Crippen molar-refractivity contribution in [1.29, 1.82) is 0 Å². The van der Waals surface area contributed by atoms with E-state index in [1.54, 1.807) is 23.4 Å². The van der Waals surface area contributed by atoms with Gasteiger partial charge >= 0.3 is 6.18 Å². The maximum atomic E-state index is 12.8. The van der Waals surface area contributed by atoms with Crippen LogP contribution in [-0.2, 0) is 24.1 Å². The molecule has 3 aromatic carbocycles. The van der Waals surface area contributed by atoms with Crippen LogP contribution >= 0.6 is 36.4 Å². The standard InChI is InChI=1S/C28H24ClF3N4O.2ClH/c29-24-2-1-3-25(14-24)36-13-12-34(18-27(36)37)17-26-15-33-19-35(26)16-20-4-6-21(7-5-20)22-8-10-23(11-9-22)28(30,31)32;;/h1-11,14-15,19H,12-13,16-18H2;2*1H. The molecule has 39 heavy (non-hydrogen) atoms. The van der Waals surface area contributed by atoms with Crippen molar-refractivity contribution in [3.63, 3.8) is 0 Å². The molecule has 0 spiro atoms. The maximum Gasteiger partial charge on any atom is 0.416 e. The molecule has 0 aliphatic carbocycles. The number of imidazole rings is 1. The van der Waals surface area contributed by atoms with Gasteiger partial charge in [-0.1, -0.05) is 54.1 Å². The van der Waals surface area contributed by atoms with Crippen LogP contribution < -0.4 is 4.90 Å². The van der Waals surface area contributed by atoms with Crippen LogP contribution in [0.3, 0.4) is 0 Å². The molecule has 1 aliphatic rings. The summed E-state index contributed by atoms with van der Waals surface area (Å²) in [5, 5.41) is 0.601. The zero-order valence-electron chi connectivity index (χ0n) is 20.6. The monoisotopic (exact) mass is 596 g/mol. The Bertz CT molecular complexity index is 1390. The average molecular weight is 598 g/mol. The number of hydrogen-bond acceptors (Lipinski definition) is 3. The Morgan fingerprint density at radius 1 is 0.872 bits per heavy atom. The second-order valence-electron chi connectivity index (χ2n) is 9.02. The Labute approximate surface area is 242 Å². The number of piperazine rings is 1. The van der Waals surface area contributed by atoms with Crippen LogP contribution in [0.1, 0.15) is 16.8 Å². The number of rotatable bonds is 6. The number of carbonyl (C=O) groups is 1.